The van der Waals surface area contributed by atoms with E-state index >= 15 is 0 Å². The molecule has 2 rings (SSSR count). The first kappa shape index (κ1) is 15.3. The van der Waals surface area contributed by atoms with Crippen molar-refractivity contribution < 1.29 is 4.74 Å². The Morgan fingerprint density at radius 1 is 1.11 bits per heavy atom. The second-order valence-corrected chi connectivity index (χ2v) is 4.71. The summed E-state index contributed by atoms with van der Waals surface area (Å²) in [6.07, 6.45) is 5.15. The van der Waals surface area contributed by atoms with Crippen LogP contribution in [-0.2, 0) is 6.42 Å². The fraction of sp³-hybridized carbons (Fsp3) is 0.600. The zero-order chi connectivity index (χ0) is 11.9. The topological polar surface area (TPSA) is 12.5 Å². The van der Waals surface area contributed by atoms with Crippen LogP contribution in [0.5, 0.6) is 5.75 Å². The Kier molecular flexibility index (Phi) is 7.14. The lowest BCUT2D eigenvalue weighted by Gasteiger charge is -2.26. The molecule has 102 valence electrons. The molecule has 1 fully saturated rings. The van der Waals surface area contributed by atoms with Crippen LogP contribution < -0.4 is 4.74 Å². The van der Waals surface area contributed by atoms with Gasteiger partial charge in [0, 0.05) is 6.54 Å². The van der Waals surface area contributed by atoms with Crippen LogP contribution in [0, 0.1) is 0 Å². The molecule has 1 aromatic carbocycles. The predicted molar refractivity (Wildman–Crippen MR) is 78.9 cm³/mol. The van der Waals surface area contributed by atoms with Gasteiger partial charge in [0.15, 0.2) is 0 Å². The summed E-state index contributed by atoms with van der Waals surface area (Å²) in [5.74, 6) is 1.06. The van der Waals surface area contributed by atoms with Crippen LogP contribution in [0.2, 0.25) is 0 Å². The van der Waals surface area contributed by atoms with Crippen LogP contribution in [-0.4, -0.2) is 31.1 Å². The predicted octanol–water partition coefficient (Wildman–Crippen LogP) is 3.54. The number of ether oxygens (including phenoxy) is 1. The van der Waals surface area contributed by atoms with E-state index in [2.05, 4.69) is 36.1 Å². The highest BCUT2D eigenvalue weighted by atomic mass is 35.5. The lowest BCUT2D eigenvalue weighted by molar-refractivity contribution is 0.183. The van der Waals surface area contributed by atoms with Crippen molar-refractivity contribution in [1.29, 1.82) is 0 Å². The molecule has 2 nitrogen and oxygen atoms in total. The van der Waals surface area contributed by atoms with Crippen molar-refractivity contribution in [2.75, 3.05) is 26.2 Å². The molecule has 0 bridgehead atoms. The SMILES string of the molecule is CCc1ccccc1OCCN1CCCCC1.Cl. The normalized spacial score (nSPS) is 16.1. The fourth-order valence-corrected chi connectivity index (χ4v) is 2.40. The maximum atomic E-state index is 5.89. The largest absolute Gasteiger partial charge is 0.492 e. The number of piperidine rings is 1. The third-order valence-corrected chi connectivity index (χ3v) is 3.47. The molecule has 1 aromatic rings. The Labute approximate surface area is 117 Å². The van der Waals surface area contributed by atoms with Gasteiger partial charge in [-0.2, -0.15) is 0 Å². The molecule has 3 heteroatoms. The van der Waals surface area contributed by atoms with E-state index < -0.39 is 0 Å². The van der Waals surface area contributed by atoms with Gasteiger partial charge in [0.25, 0.3) is 0 Å². The van der Waals surface area contributed by atoms with Crippen molar-refractivity contribution in [2.24, 2.45) is 0 Å². The van der Waals surface area contributed by atoms with Gasteiger partial charge in [0.05, 0.1) is 0 Å². The summed E-state index contributed by atoms with van der Waals surface area (Å²) in [5.41, 5.74) is 1.31. The molecule has 0 aromatic heterocycles. The van der Waals surface area contributed by atoms with Gasteiger partial charge < -0.3 is 4.74 Å². The van der Waals surface area contributed by atoms with E-state index in [9.17, 15) is 0 Å². The average Bonchev–Trinajstić information content (AvgIpc) is 2.40. The summed E-state index contributed by atoms with van der Waals surface area (Å²) < 4.78 is 5.89. The molecule has 0 spiro atoms. The second-order valence-electron chi connectivity index (χ2n) is 4.71. The van der Waals surface area contributed by atoms with Crippen LogP contribution in [0.15, 0.2) is 24.3 Å². The van der Waals surface area contributed by atoms with Crippen molar-refractivity contribution >= 4 is 12.4 Å². The van der Waals surface area contributed by atoms with Gasteiger partial charge in [-0.05, 0) is 44.0 Å². The standard InChI is InChI=1S/C15H23NO.ClH/c1-2-14-8-4-5-9-15(14)17-13-12-16-10-6-3-7-11-16;/h4-5,8-9H,2-3,6-7,10-13H2,1H3;1H. The Balaban J connectivity index is 0.00000162. The summed E-state index contributed by atoms with van der Waals surface area (Å²) in [4.78, 5) is 2.51. The van der Waals surface area contributed by atoms with E-state index in [4.69, 9.17) is 4.74 Å². The Hall–Kier alpha value is -0.730. The molecule has 1 aliphatic rings. The van der Waals surface area contributed by atoms with E-state index in [1.807, 2.05) is 0 Å². The zero-order valence-electron chi connectivity index (χ0n) is 11.2. The summed E-state index contributed by atoms with van der Waals surface area (Å²) in [6.45, 7) is 6.56. The maximum Gasteiger partial charge on any atom is 0.122 e. The highest BCUT2D eigenvalue weighted by Gasteiger charge is 2.09. The first-order valence-corrected chi connectivity index (χ1v) is 6.83. The lowest BCUT2D eigenvalue weighted by atomic mass is 10.1. The number of aryl methyl sites for hydroxylation is 1. The van der Waals surface area contributed by atoms with Gasteiger partial charge in [0.2, 0.25) is 0 Å². The minimum Gasteiger partial charge on any atom is -0.492 e. The summed E-state index contributed by atoms with van der Waals surface area (Å²) in [5, 5.41) is 0. The Bertz CT molecular complexity index is 337. The van der Waals surface area contributed by atoms with E-state index in [1.165, 1.54) is 37.9 Å². The molecular weight excluding hydrogens is 246 g/mol. The molecule has 0 amide bonds. The first-order valence-electron chi connectivity index (χ1n) is 6.83. The smallest absolute Gasteiger partial charge is 0.122 e. The van der Waals surface area contributed by atoms with Crippen molar-refractivity contribution in [3.8, 4) is 5.75 Å². The minimum absolute atomic E-state index is 0. The number of rotatable bonds is 5. The third kappa shape index (κ3) is 4.51. The molecule has 0 atom stereocenters. The number of hydrogen-bond acceptors (Lipinski definition) is 2. The monoisotopic (exact) mass is 269 g/mol. The molecule has 18 heavy (non-hydrogen) atoms. The van der Waals surface area contributed by atoms with Crippen LogP contribution in [0.4, 0.5) is 0 Å². The molecule has 1 heterocycles. The Morgan fingerprint density at radius 3 is 2.56 bits per heavy atom. The van der Waals surface area contributed by atoms with Crippen molar-refractivity contribution in [3.63, 3.8) is 0 Å². The average molecular weight is 270 g/mol. The lowest BCUT2D eigenvalue weighted by Crippen LogP contribution is -2.33. The maximum absolute atomic E-state index is 5.89. The van der Waals surface area contributed by atoms with Crippen molar-refractivity contribution in [2.45, 2.75) is 32.6 Å². The zero-order valence-corrected chi connectivity index (χ0v) is 12.0. The van der Waals surface area contributed by atoms with Gasteiger partial charge in [-0.15, -0.1) is 12.4 Å². The number of likely N-dealkylation sites (tertiary alicyclic amines) is 1. The molecule has 1 aliphatic heterocycles. The van der Waals surface area contributed by atoms with Crippen LogP contribution in [0.25, 0.3) is 0 Å². The molecule has 0 saturated carbocycles. The molecule has 0 radical (unpaired) electrons. The number of para-hydroxylation sites is 1. The summed E-state index contributed by atoms with van der Waals surface area (Å²) in [6, 6.07) is 8.36. The van der Waals surface area contributed by atoms with E-state index in [-0.39, 0.29) is 12.4 Å². The quantitative estimate of drug-likeness (QED) is 0.811. The van der Waals surface area contributed by atoms with Crippen LogP contribution in [0.3, 0.4) is 0 Å². The van der Waals surface area contributed by atoms with Gasteiger partial charge in [-0.1, -0.05) is 31.5 Å². The van der Waals surface area contributed by atoms with Gasteiger partial charge in [-0.3, -0.25) is 4.90 Å². The number of halogens is 1. The third-order valence-electron chi connectivity index (χ3n) is 3.47. The number of benzene rings is 1. The van der Waals surface area contributed by atoms with Gasteiger partial charge in [-0.25, -0.2) is 0 Å². The van der Waals surface area contributed by atoms with Crippen molar-refractivity contribution in [3.05, 3.63) is 29.8 Å². The van der Waals surface area contributed by atoms with Gasteiger partial charge in [0.1, 0.15) is 12.4 Å². The van der Waals surface area contributed by atoms with E-state index in [1.54, 1.807) is 0 Å². The Morgan fingerprint density at radius 2 is 1.83 bits per heavy atom. The van der Waals surface area contributed by atoms with Crippen molar-refractivity contribution in [1.82, 2.24) is 4.90 Å². The summed E-state index contributed by atoms with van der Waals surface area (Å²) >= 11 is 0. The molecule has 0 unspecified atom stereocenters. The second kappa shape index (κ2) is 8.39. The van der Waals surface area contributed by atoms with E-state index in [0.29, 0.717) is 0 Å². The fourth-order valence-electron chi connectivity index (χ4n) is 2.40. The molecule has 0 N–H and O–H groups in total. The molecular formula is C15H24ClNO. The summed E-state index contributed by atoms with van der Waals surface area (Å²) in [7, 11) is 0. The minimum atomic E-state index is 0. The molecule has 1 saturated heterocycles. The first-order chi connectivity index (χ1) is 8.40. The van der Waals surface area contributed by atoms with Crippen LogP contribution in [0.1, 0.15) is 31.7 Å². The highest BCUT2D eigenvalue weighted by Crippen LogP contribution is 2.18. The van der Waals surface area contributed by atoms with E-state index in [0.717, 1.165) is 25.3 Å². The number of nitrogens with zero attached hydrogens (tertiary/aromatic N) is 1. The van der Waals surface area contributed by atoms with Gasteiger partial charge >= 0.3 is 0 Å². The molecule has 0 aliphatic carbocycles. The highest BCUT2D eigenvalue weighted by molar-refractivity contribution is 5.85. The van der Waals surface area contributed by atoms with Crippen LogP contribution >= 0.6 is 12.4 Å². The number of hydrogen-bond donors (Lipinski definition) is 0.